The van der Waals surface area contributed by atoms with Crippen LogP contribution >= 0.6 is 0 Å². The number of piperidine rings is 1. The lowest BCUT2D eigenvalue weighted by atomic mass is 9.93. The second-order valence-corrected chi connectivity index (χ2v) is 13.9. The number of anilines is 1. The molecule has 0 aliphatic carbocycles. The van der Waals surface area contributed by atoms with E-state index in [4.69, 9.17) is 0 Å². The number of nitrogens with one attached hydrogen (secondary N) is 2. The monoisotopic (exact) mass is 665 g/mol. The number of rotatable bonds is 7. The van der Waals surface area contributed by atoms with Crippen LogP contribution in [0.2, 0.25) is 0 Å². The van der Waals surface area contributed by atoms with Crippen molar-refractivity contribution in [3.63, 3.8) is 0 Å². The molecule has 4 saturated heterocycles. The van der Waals surface area contributed by atoms with Gasteiger partial charge in [-0.3, -0.25) is 38.4 Å². The highest BCUT2D eigenvalue weighted by atomic mass is 16.2. The van der Waals surface area contributed by atoms with E-state index >= 15 is 0 Å². The van der Waals surface area contributed by atoms with E-state index in [-0.39, 0.29) is 47.7 Å². The summed E-state index contributed by atoms with van der Waals surface area (Å²) < 4.78 is 3.04. The number of amides is 5. The number of imidazole rings is 1. The zero-order valence-electron chi connectivity index (χ0n) is 29.0. The van der Waals surface area contributed by atoms with E-state index in [1.165, 1.54) is 11.0 Å². The Labute approximate surface area is 282 Å². The first-order chi connectivity index (χ1) is 23.0. The average molecular weight is 666 g/mol. The van der Waals surface area contributed by atoms with Crippen LogP contribution in [0.3, 0.4) is 0 Å². The van der Waals surface area contributed by atoms with Gasteiger partial charge in [-0.25, -0.2) is 4.79 Å². The van der Waals surface area contributed by atoms with E-state index in [2.05, 4.69) is 29.4 Å². The number of likely N-dealkylation sites (N-methyl/N-ethyl adjacent to an activating group) is 1. The van der Waals surface area contributed by atoms with E-state index in [9.17, 15) is 28.8 Å². The standard InChI is InChI=1S/C32H43N7O6.C3H8/c1-19-16-36(14-13-21-7-10-24(29(42)33-2)38(21)31(19)44)28(41)6-4-5-20-17-37(18-20)22-8-9-23-26(15-22)35(3)32(45)39(23)25-11-12-27(40)34-30(25)43;1-3-2/h8-9,15,19-21,24-25H,4-7,10-14,16-18H2,1-3H3,(H,33,42)(H,34,40,43);3H2,1-2H3. The Kier molecular flexibility index (Phi) is 10.9. The van der Waals surface area contributed by atoms with Gasteiger partial charge >= 0.3 is 5.69 Å². The van der Waals surface area contributed by atoms with Crippen molar-refractivity contribution in [1.82, 2.24) is 29.6 Å². The van der Waals surface area contributed by atoms with E-state index in [0.29, 0.717) is 50.2 Å². The van der Waals surface area contributed by atoms with E-state index in [0.717, 1.165) is 43.6 Å². The molecule has 4 unspecified atom stereocenters. The third kappa shape index (κ3) is 7.00. The van der Waals surface area contributed by atoms with Gasteiger partial charge in [-0.05, 0) is 62.6 Å². The van der Waals surface area contributed by atoms with Crippen molar-refractivity contribution in [3.05, 3.63) is 28.7 Å². The molecule has 6 rings (SSSR count). The maximum Gasteiger partial charge on any atom is 0.329 e. The number of carbonyl (C=O) groups excluding carboxylic acids is 5. The predicted molar refractivity (Wildman–Crippen MR) is 182 cm³/mol. The molecule has 262 valence electrons. The Morgan fingerprint density at radius 3 is 2.40 bits per heavy atom. The Morgan fingerprint density at radius 2 is 1.71 bits per heavy atom. The number of aryl methyl sites for hydroxylation is 1. The highest BCUT2D eigenvalue weighted by molar-refractivity contribution is 6.00. The van der Waals surface area contributed by atoms with Crippen molar-refractivity contribution in [2.75, 3.05) is 38.1 Å². The molecule has 4 fully saturated rings. The summed E-state index contributed by atoms with van der Waals surface area (Å²) in [5.41, 5.74) is 2.13. The van der Waals surface area contributed by atoms with Gasteiger partial charge in [0.2, 0.25) is 29.5 Å². The Hall–Kier alpha value is -4.16. The molecule has 2 N–H and O–H groups in total. The van der Waals surface area contributed by atoms with Gasteiger partial charge in [0, 0.05) is 64.8 Å². The Balaban J connectivity index is 0.00000145. The normalized spacial score (nSPS) is 24.7. The fourth-order valence-corrected chi connectivity index (χ4v) is 7.65. The minimum atomic E-state index is -0.706. The summed E-state index contributed by atoms with van der Waals surface area (Å²) in [4.78, 5) is 81.8. The molecule has 1 aromatic heterocycles. The molecule has 4 aliphatic heterocycles. The van der Waals surface area contributed by atoms with Gasteiger partial charge in [0.1, 0.15) is 12.1 Å². The molecule has 1 aromatic carbocycles. The minimum absolute atomic E-state index is 0.00330. The zero-order chi connectivity index (χ0) is 34.7. The number of fused-ring (bicyclic) bond motifs is 2. The molecule has 0 bridgehead atoms. The lowest BCUT2D eigenvalue weighted by molar-refractivity contribution is -0.147. The summed E-state index contributed by atoms with van der Waals surface area (Å²) in [5.74, 6) is -0.704. The largest absolute Gasteiger partial charge is 0.371 e. The Bertz CT molecular complexity index is 1610. The third-order valence-corrected chi connectivity index (χ3v) is 10.2. The number of aromatic nitrogens is 2. The fourth-order valence-electron chi connectivity index (χ4n) is 7.65. The number of hydrogen-bond acceptors (Lipinski definition) is 7. The van der Waals surface area contributed by atoms with Crippen LogP contribution in [0.15, 0.2) is 23.0 Å². The molecular weight excluding hydrogens is 614 g/mol. The van der Waals surface area contributed by atoms with Crippen LogP contribution in [-0.4, -0.2) is 93.8 Å². The topological polar surface area (TPSA) is 146 Å². The van der Waals surface area contributed by atoms with Crippen molar-refractivity contribution >= 4 is 46.3 Å². The number of benzene rings is 1. The van der Waals surface area contributed by atoms with Gasteiger partial charge < -0.3 is 20.0 Å². The first-order valence-corrected chi connectivity index (χ1v) is 17.6. The molecule has 4 atom stereocenters. The summed E-state index contributed by atoms with van der Waals surface area (Å²) in [6.45, 7) is 8.81. The van der Waals surface area contributed by atoms with Gasteiger partial charge in [0.25, 0.3) is 0 Å². The summed E-state index contributed by atoms with van der Waals surface area (Å²) >= 11 is 0. The lowest BCUT2D eigenvalue weighted by Crippen LogP contribution is -2.54. The Morgan fingerprint density at radius 1 is 0.979 bits per heavy atom. The van der Waals surface area contributed by atoms with Gasteiger partial charge in [-0.2, -0.15) is 0 Å². The van der Waals surface area contributed by atoms with Crippen molar-refractivity contribution in [1.29, 1.82) is 0 Å². The van der Waals surface area contributed by atoms with Crippen LogP contribution in [0.1, 0.15) is 84.6 Å². The van der Waals surface area contributed by atoms with Gasteiger partial charge in [-0.1, -0.05) is 27.2 Å². The molecular formula is C35H51N7O6. The van der Waals surface area contributed by atoms with E-state index < -0.39 is 18.0 Å². The van der Waals surface area contributed by atoms with E-state index in [1.807, 2.05) is 30.0 Å². The average Bonchev–Trinajstić information content (AvgIpc) is 3.57. The van der Waals surface area contributed by atoms with Crippen molar-refractivity contribution < 1.29 is 24.0 Å². The molecule has 5 heterocycles. The summed E-state index contributed by atoms with van der Waals surface area (Å²) in [7, 11) is 3.30. The van der Waals surface area contributed by atoms with Crippen LogP contribution in [0.4, 0.5) is 5.69 Å². The van der Waals surface area contributed by atoms with Crippen LogP contribution in [0.5, 0.6) is 0 Å². The molecule has 0 spiro atoms. The molecule has 0 saturated carbocycles. The molecule has 48 heavy (non-hydrogen) atoms. The number of hydrogen-bond donors (Lipinski definition) is 2. The SMILES string of the molecule is CCC.CNC(=O)C1CCC2CCN(C(=O)CCCC3CN(c4ccc5c(c4)n(C)c(=O)n5C4CCC(=O)NC4=O)C3)CC(C)C(=O)N21. The first kappa shape index (κ1) is 35.2. The third-order valence-electron chi connectivity index (χ3n) is 10.2. The van der Waals surface area contributed by atoms with Gasteiger partial charge in [0.05, 0.1) is 17.0 Å². The maximum atomic E-state index is 13.2. The number of imide groups is 1. The maximum absolute atomic E-state index is 13.2. The van der Waals surface area contributed by atoms with Crippen LogP contribution < -0.4 is 21.2 Å². The molecule has 13 heteroatoms. The van der Waals surface area contributed by atoms with Crippen LogP contribution in [-0.2, 0) is 31.0 Å². The summed E-state index contributed by atoms with van der Waals surface area (Å²) in [6.07, 6.45) is 6.07. The van der Waals surface area contributed by atoms with Crippen LogP contribution in [0, 0.1) is 11.8 Å². The molecule has 4 aliphatic rings. The molecule has 13 nitrogen and oxygen atoms in total. The lowest BCUT2D eigenvalue weighted by Gasteiger charge is -2.41. The van der Waals surface area contributed by atoms with E-state index in [1.54, 1.807) is 23.6 Å². The minimum Gasteiger partial charge on any atom is -0.371 e. The fraction of sp³-hybridized carbons (Fsp3) is 0.657. The molecule has 2 aromatic rings. The van der Waals surface area contributed by atoms with Gasteiger partial charge in [-0.15, -0.1) is 0 Å². The molecule has 5 amide bonds. The van der Waals surface area contributed by atoms with Crippen molar-refractivity contribution in [2.24, 2.45) is 18.9 Å². The highest BCUT2D eigenvalue weighted by Gasteiger charge is 2.43. The second-order valence-electron chi connectivity index (χ2n) is 13.9. The highest BCUT2D eigenvalue weighted by Crippen LogP contribution is 2.33. The smallest absolute Gasteiger partial charge is 0.329 e. The summed E-state index contributed by atoms with van der Waals surface area (Å²) in [5, 5.41) is 5.02. The quantitative estimate of drug-likeness (QED) is 0.432. The number of carbonyl (C=O) groups is 5. The van der Waals surface area contributed by atoms with Crippen molar-refractivity contribution in [2.45, 2.75) is 96.7 Å². The van der Waals surface area contributed by atoms with Crippen molar-refractivity contribution in [3.8, 4) is 0 Å². The molecule has 0 radical (unpaired) electrons. The second kappa shape index (κ2) is 14.9. The number of nitrogens with zero attached hydrogens (tertiary/aromatic N) is 5. The predicted octanol–water partition coefficient (Wildman–Crippen LogP) is 2.31. The van der Waals surface area contributed by atoms with Gasteiger partial charge in [0.15, 0.2) is 0 Å². The zero-order valence-corrected chi connectivity index (χ0v) is 29.0. The van der Waals surface area contributed by atoms with Crippen LogP contribution in [0.25, 0.3) is 11.0 Å². The first-order valence-electron chi connectivity index (χ1n) is 17.6. The summed E-state index contributed by atoms with van der Waals surface area (Å²) in [6, 6.07) is 4.70.